The highest BCUT2D eigenvalue weighted by atomic mass is 32.2. The standard InChI is InChI=1S/C12H22S2/c1-3-5-6-8-11(4-2)12-13-9-7-10-14-12/h4,11-12H,2-3,5-10H2,1H3. The van der Waals surface area contributed by atoms with E-state index in [1.165, 1.54) is 43.6 Å². The molecule has 1 rings (SSSR count). The lowest BCUT2D eigenvalue weighted by Gasteiger charge is -2.27. The van der Waals surface area contributed by atoms with Crippen molar-refractivity contribution in [3.63, 3.8) is 0 Å². The van der Waals surface area contributed by atoms with Crippen molar-refractivity contribution in [2.45, 2.75) is 43.6 Å². The highest BCUT2D eigenvalue weighted by Crippen LogP contribution is 2.38. The van der Waals surface area contributed by atoms with Crippen LogP contribution < -0.4 is 0 Å². The molecule has 0 N–H and O–H groups in total. The van der Waals surface area contributed by atoms with Crippen LogP contribution in [-0.4, -0.2) is 16.1 Å². The Morgan fingerprint density at radius 2 is 2.07 bits per heavy atom. The van der Waals surface area contributed by atoms with Crippen molar-refractivity contribution in [3.05, 3.63) is 12.7 Å². The largest absolute Gasteiger partial charge is 0.147 e. The third-order valence-corrected chi connectivity index (χ3v) is 5.87. The van der Waals surface area contributed by atoms with E-state index in [0.29, 0.717) is 0 Å². The Balaban J connectivity index is 2.24. The molecule has 1 heterocycles. The highest BCUT2D eigenvalue weighted by Gasteiger charge is 2.21. The molecular weight excluding hydrogens is 208 g/mol. The maximum atomic E-state index is 3.99. The first-order valence-electron chi connectivity index (χ1n) is 5.74. The third kappa shape index (κ3) is 4.31. The van der Waals surface area contributed by atoms with E-state index in [4.69, 9.17) is 0 Å². The second kappa shape index (κ2) is 7.70. The second-order valence-electron chi connectivity index (χ2n) is 3.86. The molecule has 0 spiro atoms. The number of thioether (sulfide) groups is 2. The molecule has 0 saturated carbocycles. The minimum Gasteiger partial charge on any atom is -0.147 e. The van der Waals surface area contributed by atoms with E-state index in [1.54, 1.807) is 0 Å². The summed E-state index contributed by atoms with van der Waals surface area (Å²) < 4.78 is 0.804. The minimum atomic E-state index is 0.747. The van der Waals surface area contributed by atoms with Crippen LogP contribution in [0.25, 0.3) is 0 Å². The summed E-state index contributed by atoms with van der Waals surface area (Å²) in [5, 5.41) is 0. The molecule has 1 fully saturated rings. The fourth-order valence-corrected chi connectivity index (χ4v) is 4.97. The van der Waals surface area contributed by atoms with Crippen molar-refractivity contribution in [2.75, 3.05) is 11.5 Å². The van der Waals surface area contributed by atoms with Gasteiger partial charge in [-0.15, -0.1) is 30.1 Å². The van der Waals surface area contributed by atoms with Crippen LogP contribution in [0.3, 0.4) is 0 Å². The monoisotopic (exact) mass is 230 g/mol. The van der Waals surface area contributed by atoms with Crippen LogP contribution >= 0.6 is 23.5 Å². The first kappa shape index (κ1) is 12.5. The molecule has 0 nitrogen and oxygen atoms in total. The average molecular weight is 230 g/mol. The third-order valence-electron chi connectivity index (χ3n) is 2.65. The minimum absolute atomic E-state index is 0.747. The predicted molar refractivity (Wildman–Crippen MR) is 71.2 cm³/mol. The van der Waals surface area contributed by atoms with E-state index in [-0.39, 0.29) is 0 Å². The first-order valence-corrected chi connectivity index (χ1v) is 7.84. The number of allylic oxidation sites excluding steroid dienone is 1. The van der Waals surface area contributed by atoms with Crippen LogP contribution in [0.2, 0.25) is 0 Å². The molecule has 0 aromatic rings. The van der Waals surface area contributed by atoms with Crippen molar-refractivity contribution in [1.82, 2.24) is 0 Å². The van der Waals surface area contributed by atoms with Gasteiger partial charge >= 0.3 is 0 Å². The number of rotatable bonds is 6. The van der Waals surface area contributed by atoms with Gasteiger partial charge in [-0.25, -0.2) is 0 Å². The average Bonchev–Trinajstić information content (AvgIpc) is 2.26. The maximum Gasteiger partial charge on any atom is 0.0564 e. The van der Waals surface area contributed by atoms with Crippen molar-refractivity contribution >= 4 is 23.5 Å². The lowest BCUT2D eigenvalue weighted by Crippen LogP contribution is -2.16. The second-order valence-corrected chi connectivity index (χ2v) is 6.66. The fourth-order valence-electron chi connectivity index (χ4n) is 1.75. The van der Waals surface area contributed by atoms with Crippen molar-refractivity contribution in [3.8, 4) is 0 Å². The Kier molecular flexibility index (Phi) is 6.88. The van der Waals surface area contributed by atoms with Gasteiger partial charge in [0.1, 0.15) is 0 Å². The van der Waals surface area contributed by atoms with Gasteiger partial charge in [0.25, 0.3) is 0 Å². The van der Waals surface area contributed by atoms with E-state index >= 15 is 0 Å². The zero-order valence-corrected chi connectivity index (χ0v) is 10.8. The molecule has 0 aliphatic carbocycles. The Bertz CT molecular complexity index is 150. The van der Waals surface area contributed by atoms with Crippen molar-refractivity contribution < 1.29 is 0 Å². The van der Waals surface area contributed by atoms with Gasteiger partial charge in [0, 0.05) is 0 Å². The summed E-state index contributed by atoms with van der Waals surface area (Å²) in [6.07, 6.45) is 9.02. The van der Waals surface area contributed by atoms with E-state index in [9.17, 15) is 0 Å². The summed E-state index contributed by atoms with van der Waals surface area (Å²) in [5.41, 5.74) is 0. The van der Waals surface area contributed by atoms with Crippen LogP contribution in [0, 0.1) is 5.92 Å². The molecule has 0 radical (unpaired) electrons. The molecule has 0 amide bonds. The molecule has 14 heavy (non-hydrogen) atoms. The number of hydrogen-bond acceptors (Lipinski definition) is 2. The molecule has 1 saturated heterocycles. The van der Waals surface area contributed by atoms with Gasteiger partial charge < -0.3 is 0 Å². The molecule has 1 aliphatic heterocycles. The summed E-state index contributed by atoms with van der Waals surface area (Å²) in [5.74, 6) is 3.46. The normalized spacial score (nSPS) is 20.6. The molecule has 1 unspecified atom stereocenters. The molecular formula is C12H22S2. The van der Waals surface area contributed by atoms with Crippen molar-refractivity contribution in [1.29, 1.82) is 0 Å². The predicted octanol–water partition coefficient (Wildman–Crippen LogP) is 4.57. The fraction of sp³-hybridized carbons (Fsp3) is 0.833. The highest BCUT2D eigenvalue weighted by molar-refractivity contribution is 8.17. The SMILES string of the molecule is C=CC(CCCCC)C1SCCCS1. The van der Waals surface area contributed by atoms with Gasteiger partial charge in [-0.1, -0.05) is 32.3 Å². The van der Waals surface area contributed by atoms with E-state index in [0.717, 1.165) is 10.5 Å². The molecule has 0 bridgehead atoms. The molecule has 1 atom stereocenters. The Morgan fingerprint density at radius 1 is 1.36 bits per heavy atom. The zero-order chi connectivity index (χ0) is 10.2. The Labute approximate surface area is 97.3 Å². The van der Waals surface area contributed by atoms with Gasteiger partial charge in [-0.2, -0.15) is 0 Å². The lowest BCUT2D eigenvalue weighted by atomic mass is 10.0. The topological polar surface area (TPSA) is 0 Å². The summed E-state index contributed by atoms with van der Waals surface area (Å²) in [6, 6.07) is 0. The van der Waals surface area contributed by atoms with Crippen LogP contribution in [-0.2, 0) is 0 Å². The van der Waals surface area contributed by atoms with Gasteiger partial charge in [-0.05, 0) is 30.3 Å². The summed E-state index contributed by atoms with van der Waals surface area (Å²) in [7, 11) is 0. The van der Waals surface area contributed by atoms with Crippen LogP contribution in [0.15, 0.2) is 12.7 Å². The summed E-state index contributed by atoms with van der Waals surface area (Å²) in [6.45, 7) is 6.26. The van der Waals surface area contributed by atoms with Crippen LogP contribution in [0.4, 0.5) is 0 Å². The summed E-state index contributed by atoms with van der Waals surface area (Å²) >= 11 is 4.29. The van der Waals surface area contributed by atoms with E-state index in [1.807, 2.05) is 0 Å². The van der Waals surface area contributed by atoms with Crippen LogP contribution in [0.5, 0.6) is 0 Å². The Morgan fingerprint density at radius 3 is 2.64 bits per heavy atom. The lowest BCUT2D eigenvalue weighted by molar-refractivity contribution is 0.570. The molecule has 0 aromatic heterocycles. The smallest absolute Gasteiger partial charge is 0.0564 e. The molecule has 2 heteroatoms. The van der Waals surface area contributed by atoms with Gasteiger partial charge in [-0.3, -0.25) is 0 Å². The number of unbranched alkanes of at least 4 members (excludes halogenated alkanes) is 2. The van der Waals surface area contributed by atoms with Crippen LogP contribution in [0.1, 0.15) is 39.0 Å². The Hall–Kier alpha value is 0.440. The van der Waals surface area contributed by atoms with E-state index < -0.39 is 0 Å². The van der Waals surface area contributed by atoms with Crippen molar-refractivity contribution in [2.24, 2.45) is 5.92 Å². The van der Waals surface area contributed by atoms with Gasteiger partial charge in [0.2, 0.25) is 0 Å². The molecule has 82 valence electrons. The van der Waals surface area contributed by atoms with E-state index in [2.05, 4.69) is 43.1 Å². The van der Waals surface area contributed by atoms with Gasteiger partial charge in [0.15, 0.2) is 0 Å². The molecule has 0 aromatic carbocycles. The first-order chi connectivity index (χ1) is 6.88. The maximum absolute atomic E-state index is 3.99. The number of hydrogen-bond donors (Lipinski definition) is 0. The molecule has 1 aliphatic rings. The summed E-state index contributed by atoms with van der Waals surface area (Å²) in [4.78, 5) is 0. The quantitative estimate of drug-likeness (QED) is 0.484. The van der Waals surface area contributed by atoms with Gasteiger partial charge in [0.05, 0.1) is 4.58 Å². The zero-order valence-electron chi connectivity index (χ0n) is 9.21.